The molecule has 1 N–H and O–H groups in total. The van der Waals surface area contributed by atoms with E-state index in [4.69, 9.17) is 17.0 Å². The number of H-pyrrole nitrogens is 1. The number of nitrogens with zero attached hydrogens (tertiary/aromatic N) is 3. The van der Waals surface area contributed by atoms with Crippen LogP contribution in [0.2, 0.25) is 0 Å². The van der Waals surface area contributed by atoms with E-state index >= 15 is 0 Å². The van der Waals surface area contributed by atoms with Gasteiger partial charge in [0, 0.05) is 0 Å². The van der Waals surface area contributed by atoms with E-state index in [0.29, 0.717) is 10.6 Å². The number of aromatic nitrogens is 3. The second-order valence-corrected chi connectivity index (χ2v) is 5.01. The minimum absolute atomic E-state index is 0.463. The summed E-state index contributed by atoms with van der Waals surface area (Å²) in [5.74, 6) is 2.25. The van der Waals surface area contributed by atoms with E-state index in [1.807, 2.05) is 61.5 Å². The highest BCUT2D eigenvalue weighted by atomic mass is 32.1. The minimum atomic E-state index is 0.463. The molecule has 0 aliphatic rings. The molecule has 110 valence electrons. The first-order valence-electron chi connectivity index (χ1n) is 6.74. The molecule has 0 saturated carbocycles. The molecule has 0 spiro atoms. The smallest absolute Gasteiger partial charge is 0.216 e. The summed E-state index contributed by atoms with van der Waals surface area (Å²) in [7, 11) is 0. The van der Waals surface area contributed by atoms with E-state index in [1.165, 1.54) is 0 Å². The Balaban J connectivity index is 1.81. The van der Waals surface area contributed by atoms with Crippen molar-refractivity contribution in [2.24, 2.45) is 5.10 Å². The summed E-state index contributed by atoms with van der Waals surface area (Å²) < 4.78 is 7.83. The van der Waals surface area contributed by atoms with Gasteiger partial charge in [-0.15, -0.1) is 0 Å². The van der Waals surface area contributed by atoms with E-state index in [0.717, 1.165) is 17.1 Å². The van der Waals surface area contributed by atoms with Gasteiger partial charge in [-0.3, -0.25) is 5.10 Å². The van der Waals surface area contributed by atoms with Gasteiger partial charge in [-0.25, -0.2) is 0 Å². The molecular formula is C16H14N4OS. The van der Waals surface area contributed by atoms with Crippen molar-refractivity contribution in [2.75, 3.05) is 0 Å². The summed E-state index contributed by atoms with van der Waals surface area (Å²) in [4.78, 5) is 0. The van der Waals surface area contributed by atoms with Crippen LogP contribution in [-0.2, 0) is 0 Å². The van der Waals surface area contributed by atoms with Gasteiger partial charge in [0.15, 0.2) is 0 Å². The van der Waals surface area contributed by atoms with Gasteiger partial charge in [0.25, 0.3) is 0 Å². The molecule has 3 rings (SSSR count). The van der Waals surface area contributed by atoms with Crippen LogP contribution < -0.4 is 4.74 Å². The van der Waals surface area contributed by atoms with Crippen LogP contribution in [0.4, 0.5) is 0 Å². The molecule has 2 aromatic carbocycles. The largest absolute Gasteiger partial charge is 0.457 e. The van der Waals surface area contributed by atoms with Gasteiger partial charge in [-0.05, 0) is 49.0 Å². The predicted octanol–water partition coefficient (Wildman–Crippen LogP) is 3.92. The summed E-state index contributed by atoms with van der Waals surface area (Å²) in [6.45, 7) is 1.83. The Bertz CT molecular complexity index is 852. The third-order valence-corrected chi connectivity index (χ3v) is 3.24. The Morgan fingerprint density at radius 2 is 1.91 bits per heavy atom. The van der Waals surface area contributed by atoms with Crippen molar-refractivity contribution in [1.29, 1.82) is 0 Å². The Hall–Kier alpha value is -2.73. The van der Waals surface area contributed by atoms with Crippen molar-refractivity contribution in [3.63, 3.8) is 0 Å². The highest BCUT2D eigenvalue weighted by Crippen LogP contribution is 2.21. The second-order valence-electron chi connectivity index (χ2n) is 4.62. The quantitative estimate of drug-likeness (QED) is 0.587. The summed E-state index contributed by atoms with van der Waals surface area (Å²) in [6, 6.07) is 17.3. The van der Waals surface area contributed by atoms with Crippen LogP contribution >= 0.6 is 12.2 Å². The van der Waals surface area contributed by atoms with E-state index in [9.17, 15) is 0 Å². The zero-order valence-corrected chi connectivity index (χ0v) is 12.7. The lowest BCUT2D eigenvalue weighted by atomic mass is 10.2. The molecule has 0 saturated heterocycles. The topological polar surface area (TPSA) is 55.2 Å². The summed E-state index contributed by atoms with van der Waals surface area (Å²) >= 11 is 5.11. The number of hydrogen-bond acceptors (Lipinski definition) is 4. The van der Waals surface area contributed by atoms with Gasteiger partial charge >= 0.3 is 0 Å². The molecule has 1 heterocycles. The van der Waals surface area contributed by atoms with Crippen LogP contribution in [0.25, 0.3) is 0 Å². The van der Waals surface area contributed by atoms with Crippen molar-refractivity contribution >= 4 is 18.4 Å². The molecule has 0 atom stereocenters. The van der Waals surface area contributed by atoms with Gasteiger partial charge in [-0.2, -0.15) is 14.9 Å². The molecule has 0 amide bonds. The molecule has 0 aliphatic carbocycles. The van der Waals surface area contributed by atoms with Crippen molar-refractivity contribution in [1.82, 2.24) is 14.9 Å². The van der Waals surface area contributed by atoms with Crippen LogP contribution in [0.5, 0.6) is 11.5 Å². The van der Waals surface area contributed by atoms with Crippen molar-refractivity contribution < 1.29 is 4.74 Å². The van der Waals surface area contributed by atoms with E-state index in [1.54, 1.807) is 10.9 Å². The van der Waals surface area contributed by atoms with Crippen LogP contribution in [0, 0.1) is 11.7 Å². The average molecular weight is 310 g/mol. The first-order chi connectivity index (χ1) is 10.7. The van der Waals surface area contributed by atoms with Crippen molar-refractivity contribution in [3.8, 4) is 11.5 Å². The molecule has 0 radical (unpaired) electrons. The highest BCUT2D eigenvalue weighted by Gasteiger charge is 1.99. The van der Waals surface area contributed by atoms with E-state index < -0.39 is 0 Å². The van der Waals surface area contributed by atoms with E-state index in [-0.39, 0.29) is 0 Å². The molecule has 3 aromatic rings. The number of hydrogen-bond donors (Lipinski definition) is 1. The SMILES string of the molecule is Cc1n[nH]c(=S)n1/N=C\c1cccc(Oc2ccccc2)c1. The zero-order chi connectivity index (χ0) is 15.4. The maximum atomic E-state index is 5.80. The lowest BCUT2D eigenvalue weighted by Gasteiger charge is -2.05. The van der Waals surface area contributed by atoms with Crippen molar-refractivity contribution in [3.05, 3.63) is 70.8 Å². The maximum Gasteiger partial charge on any atom is 0.216 e. The molecular weight excluding hydrogens is 296 g/mol. The zero-order valence-electron chi connectivity index (χ0n) is 11.9. The number of rotatable bonds is 4. The van der Waals surface area contributed by atoms with Crippen LogP contribution in [0.1, 0.15) is 11.4 Å². The molecule has 0 bridgehead atoms. The normalized spacial score (nSPS) is 11.0. The fourth-order valence-electron chi connectivity index (χ4n) is 1.91. The molecule has 0 aliphatic heterocycles. The summed E-state index contributed by atoms with van der Waals surface area (Å²) in [6.07, 6.45) is 1.72. The lowest BCUT2D eigenvalue weighted by Crippen LogP contribution is -1.94. The Morgan fingerprint density at radius 3 is 2.64 bits per heavy atom. The standard InChI is InChI=1S/C16H14N4OS/c1-12-18-19-16(22)20(12)17-11-13-6-5-9-15(10-13)21-14-7-3-2-4-8-14/h2-11H,1H3,(H,19,22)/b17-11-. The molecule has 0 fully saturated rings. The Labute approximate surface area is 132 Å². The van der Waals surface area contributed by atoms with Crippen LogP contribution in [0.15, 0.2) is 59.7 Å². The van der Waals surface area contributed by atoms with Crippen LogP contribution in [0.3, 0.4) is 0 Å². The first kappa shape index (κ1) is 14.2. The Kier molecular flexibility index (Phi) is 4.11. The fraction of sp³-hybridized carbons (Fsp3) is 0.0625. The van der Waals surface area contributed by atoms with Gasteiger partial charge in [0.2, 0.25) is 4.77 Å². The maximum absolute atomic E-state index is 5.80. The number of benzene rings is 2. The van der Waals surface area contributed by atoms with Gasteiger partial charge in [-0.1, -0.05) is 30.3 Å². The summed E-state index contributed by atoms with van der Waals surface area (Å²) in [5.41, 5.74) is 0.913. The molecule has 22 heavy (non-hydrogen) atoms. The monoisotopic (exact) mass is 310 g/mol. The van der Waals surface area contributed by atoms with E-state index in [2.05, 4.69) is 15.3 Å². The third-order valence-electron chi connectivity index (χ3n) is 2.97. The highest BCUT2D eigenvalue weighted by molar-refractivity contribution is 7.71. The predicted molar refractivity (Wildman–Crippen MR) is 88.1 cm³/mol. The number of para-hydroxylation sites is 1. The molecule has 5 nitrogen and oxygen atoms in total. The van der Waals surface area contributed by atoms with Gasteiger partial charge < -0.3 is 4.74 Å². The van der Waals surface area contributed by atoms with Crippen molar-refractivity contribution in [2.45, 2.75) is 6.92 Å². The number of aromatic amines is 1. The second kappa shape index (κ2) is 6.36. The minimum Gasteiger partial charge on any atom is -0.457 e. The molecule has 6 heteroatoms. The molecule has 1 aromatic heterocycles. The van der Waals surface area contributed by atoms with Crippen LogP contribution in [-0.4, -0.2) is 21.1 Å². The first-order valence-corrected chi connectivity index (χ1v) is 7.14. The number of ether oxygens (including phenoxy) is 1. The Morgan fingerprint density at radius 1 is 1.14 bits per heavy atom. The number of nitrogens with one attached hydrogen (secondary N) is 1. The summed E-state index contributed by atoms with van der Waals surface area (Å²) in [5, 5.41) is 11.0. The average Bonchev–Trinajstić information content (AvgIpc) is 2.85. The van der Waals surface area contributed by atoms with Gasteiger partial charge in [0.1, 0.15) is 17.3 Å². The molecule has 0 unspecified atom stereocenters. The number of aryl methyl sites for hydroxylation is 1. The third kappa shape index (κ3) is 3.29. The van der Waals surface area contributed by atoms with Gasteiger partial charge in [0.05, 0.1) is 6.21 Å². The lowest BCUT2D eigenvalue weighted by molar-refractivity contribution is 0.482. The fourth-order valence-corrected chi connectivity index (χ4v) is 2.14.